The third-order valence-electron chi connectivity index (χ3n) is 5.45. The van der Waals surface area contributed by atoms with Crippen LogP contribution in [0.15, 0.2) is 0 Å². The van der Waals surface area contributed by atoms with E-state index in [-0.39, 0.29) is 5.41 Å². The second-order valence-corrected chi connectivity index (χ2v) is 7.10. The van der Waals surface area contributed by atoms with E-state index in [0.29, 0.717) is 17.7 Å². The summed E-state index contributed by atoms with van der Waals surface area (Å²) in [6, 6.07) is 0. The molecule has 0 bridgehead atoms. The van der Waals surface area contributed by atoms with E-state index in [2.05, 4.69) is 5.32 Å². The number of carbonyl (C=O) groups excluding carboxylic acids is 1. The number of nitrogens with one attached hydrogen (secondary N) is 1. The second kappa shape index (κ2) is 5.03. The summed E-state index contributed by atoms with van der Waals surface area (Å²) in [5.41, 5.74) is 0.191. The van der Waals surface area contributed by atoms with Gasteiger partial charge in [0.15, 0.2) is 0 Å². The molecule has 1 amide bonds. The van der Waals surface area contributed by atoms with Crippen LogP contribution >= 0.6 is 11.6 Å². The van der Waals surface area contributed by atoms with Crippen molar-refractivity contribution in [3.05, 3.63) is 0 Å². The van der Waals surface area contributed by atoms with Gasteiger partial charge in [-0.15, -0.1) is 11.6 Å². The normalized spacial score (nSPS) is 37.1. The lowest BCUT2D eigenvalue weighted by atomic mass is 9.75. The largest absolute Gasteiger partial charge is 0.355 e. The first-order chi connectivity index (χ1) is 8.72. The molecule has 3 heteroatoms. The highest BCUT2D eigenvalue weighted by Gasteiger charge is 2.48. The lowest BCUT2D eigenvalue weighted by molar-refractivity contribution is -0.125. The van der Waals surface area contributed by atoms with Gasteiger partial charge < -0.3 is 5.32 Å². The predicted octanol–water partition coefficient (Wildman–Crippen LogP) is 3.34. The first-order valence-electron chi connectivity index (χ1n) is 7.56. The molecule has 3 saturated carbocycles. The number of fused-ring (bicyclic) bond motifs is 1. The van der Waals surface area contributed by atoms with Gasteiger partial charge in [-0.2, -0.15) is 0 Å². The smallest absolute Gasteiger partial charge is 0.223 e. The maximum absolute atomic E-state index is 12.2. The Morgan fingerprint density at radius 1 is 1.11 bits per heavy atom. The Bertz CT molecular complexity index is 314. The zero-order valence-corrected chi connectivity index (χ0v) is 11.8. The first-order valence-corrected chi connectivity index (χ1v) is 8.10. The monoisotopic (exact) mass is 269 g/mol. The van der Waals surface area contributed by atoms with Crippen LogP contribution in [0.2, 0.25) is 0 Å². The van der Waals surface area contributed by atoms with Crippen LogP contribution in [0.25, 0.3) is 0 Å². The molecule has 0 aromatic rings. The third-order valence-corrected chi connectivity index (χ3v) is 6.02. The lowest BCUT2D eigenvalue weighted by Gasteiger charge is -2.36. The highest BCUT2D eigenvalue weighted by atomic mass is 35.5. The number of halogens is 1. The summed E-state index contributed by atoms with van der Waals surface area (Å²) in [5.74, 6) is 3.08. The summed E-state index contributed by atoms with van der Waals surface area (Å²) in [6.45, 7) is 0.807. The Labute approximate surface area is 115 Å². The van der Waals surface area contributed by atoms with Gasteiger partial charge in [0.05, 0.1) is 0 Å². The van der Waals surface area contributed by atoms with Gasteiger partial charge in [0.25, 0.3) is 0 Å². The third kappa shape index (κ3) is 2.54. The number of alkyl halides is 1. The fraction of sp³-hybridized carbons (Fsp3) is 0.933. The zero-order valence-electron chi connectivity index (χ0n) is 11.1. The van der Waals surface area contributed by atoms with Gasteiger partial charge in [0, 0.05) is 23.8 Å². The van der Waals surface area contributed by atoms with Crippen molar-refractivity contribution in [2.45, 2.75) is 51.4 Å². The van der Waals surface area contributed by atoms with E-state index >= 15 is 0 Å². The summed E-state index contributed by atoms with van der Waals surface area (Å²) in [7, 11) is 0. The van der Waals surface area contributed by atoms with Crippen molar-refractivity contribution in [1.82, 2.24) is 5.32 Å². The average Bonchev–Trinajstić information content (AvgIpc) is 3.03. The van der Waals surface area contributed by atoms with Crippen LogP contribution in [-0.4, -0.2) is 18.3 Å². The summed E-state index contributed by atoms with van der Waals surface area (Å²) in [4.78, 5) is 12.2. The number of amides is 1. The molecule has 18 heavy (non-hydrogen) atoms. The van der Waals surface area contributed by atoms with Crippen molar-refractivity contribution >= 4 is 17.5 Å². The number of hydrogen-bond acceptors (Lipinski definition) is 1. The number of rotatable bonds is 4. The highest BCUT2D eigenvalue weighted by Crippen LogP contribution is 2.54. The second-order valence-electron chi connectivity index (χ2n) is 6.84. The van der Waals surface area contributed by atoms with Crippen LogP contribution in [0.4, 0.5) is 0 Å². The minimum atomic E-state index is 0.191. The van der Waals surface area contributed by atoms with Gasteiger partial charge in [-0.1, -0.05) is 19.3 Å². The SMILES string of the molecule is O=C(NCC1(CCl)CCCCC1)C1CC2CC2C1. The van der Waals surface area contributed by atoms with E-state index in [0.717, 1.165) is 31.2 Å². The Balaban J connectivity index is 1.48. The molecule has 1 N–H and O–H groups in total. The van der Waals surface area contributed by atoms with Gasteiger partial charge in [-0.3, -0.25) is 4.79 Å². The lowest BCUT2D eigenvalue weighted by Crippen LogP contribution is -2.42. The minimum absolute atomic E-state index is 0.191. The topological polar surface area (TPSA) is 29.1 Å². The molecule has 0 spiro atoms. The van der Waals surface area contributed by atoms with Crippen LogP contribution in [0.1, 0.15) is 51.4 Å². The quantitative estimate of drug-likeness (QED) is 0.780. The maximum Gasteiger partial charge on any atom is 0.223 e. The summed E-state index contributed by atoms with van der Waals surface area (Å²) < 4.78 is 0. The molecular weight excluding hydrogens is 246 g/mol. The Kier molecular flexibility index (Phi) is 3.57. The molecule has 2 nitrogen and oxygen atoms in total. The van der Waals surface area contributed by atoms with Crippen LogP contribution in [-0.2, 0) is 4.79 Å². The van der Waals surface area contributed by atoms with E-state index in [9.17, 15) is 4.79 Å². The van der Waals surface area contributed by atoms with Crippen LogP contribution in [0.5, 0.6) is 0 Å². The zero-order chi connectivity index (χ0) is 12.6. The fourth-order valence-corrected chi connectivity index (χ4v) is 4.37. The minimum Gasteiger partial charge on any atom is -0.355 e. The van der Waals surface area contributed by atoms with Gasteiger partial charge in [0.2, 0.25) is 5.91 Å². The molecule has 0 radical (unpaired) electrons. The average molecular weight is 270 g/mol. The molecule has 0 aromatic heterocycles. The van der Waals surface area contributed by atoms with Gasteiger partial charge in [0.1, 0.15) is 0 Å². The molecule has 3 rings (SSSR count). The van der Waals surface area contributed by atoms with Crippen molar-refractivity contribution in [3.63, 3.8) is 0 Å². The van der Waals surface area contributed by atoms with Crippen LogP contribution in [0.3, 0.4) is 0 Å². The molecule has 3 fully saturated rings. The maximum atomic E-state index is 12.2. The van der Waals surface area contributed by atoms with E-state index in [1.807, 2.05) is 0 Å². The van der Waals surface area contributed by atoms with E-state index < -0.39 is 0 Å². The fourth-order valence-electron chi connectivity index (χ4n) is 4.01. The van der Waals surface area contributed by atoms with Crippen molar-refractivity contribution in [2.24, 2.45) is 23.2 Å². The summed E-state index contributed by atoms with van der Waals surface area (Å²) in [6.07, 6.45) is 9.93. The standard InChI is InChI=1S/C15H24ClNO/c16-9-15(4-2-1-3-5-15)10-17-14(18)13-7-11-6-12(11)8-13/h11-13H,1-10H2,(H,17,18). The van der Waals surface area contributed by atoms with Gasteiger partial charge in [-0.05, 0) is 43.9 Å². The van der Waals surface area contributed by atoms with Crippen molar-refractivity contribution in [2.75, 3.05) is 12.4 Å². The Morgan fingerprint density at radius 3 is 2.39 bits per heavy atom. The molecule has 0 aliphatic heterocycles. The molecule has 102 valence electrons. The molecule has 2 atom stereocenters. The number of carbonyl (C=O) groups is 1. The van der Waals surface area contributed by atoms with E-state index in [4.69, 9.17) is 11.6 Å². The molecule has 0 heterocycles. The Hall–Kier alpha value is -0.240. The van der Waals surface area contributed by atoms with Crippen molar-refractivity contribution in [1.29, 1.82) is 0 Å². The number of hydrogen-bond donors (Lipinski definition) is 1. The Morgan fingerprint density at radius 2 is 1.78 bits per heavy atom. The van der Waals surface area contributed by atoms with Crippen molar-refractivity contribution < 1.29 is 4.79 Å². The van der Waals surface area contributed by atoms with Gasteiger partial charge >= 0.3 is 0 Å². The molecule has 0 saturated heterocycles. The molecule has 2 unspecified atom stereocenters. The summed E-state index contributed by atoms with van der Waals surface area (Å²) >= 11 is 6.16. The van der Waals surface area contributed by atoms with Crippen molar-refractivity contribution in [3.8, 4) is 0 Å². The molecular formula is C15H24ClNO. The highest BCUT2D eigenvalue weighted by molar-refractivity contribution is 6.18. The van der Waals surface area contributed by atoms with Crippen LogP contribution < -0.4 is 5.32 Å². The van der Waals surface area contributed by atoms with Crippen LogP contribution in [0, 0.1) is 23.2 Å². The molecule has 3 aliphatic rings. The van der Waals surface area contributed by atoms with E-state index in [1.54, 1.807) is 0 Å². The molecule has 3 aliphatic carbocycles. The van der Waals surface area contributed by atoms with Gasteiger partial charge in [-0.25, -0.2) is 0 Å². The first kappa shape index (κ1) is 12.8. The predicted molar refractivity (Wildman–Crippen MR) is 73.6 cm³/mol. The van der Waals surface area contributed by atoms with E-state index in [1.165, 1.54) is 38.5 Å². The summed E-state index contributed by atoms with van der Waals surface area (Å²) in [5, 5.41) is 3.20. The molecule has 0 aromatic carbocycles.